The first-order chi connectivity index (χ1) is 16.8. The lowest BCUT2D eigenvalue weighted by Crippen LogP contribution is -2.42. The zero-order chi connectivity index (χ0) is 24.9. The zero-order valence-corrected chi connectivity index (χ0v) is 19.3. The van der Waals surface area contributed by atoms with Crippen molar-refractivity contribution in [3.63, 3.8) is 0 Å². The minimum atomic E-state index is -0.695. The van der Waals surface area contributed by atoms with Crippen LogP contribution in [0.2, 0.25) is 0 Å². The molecule has 4 aromatic rings. The molecule has 0 aliphatic carbocycles. The Morgan fingerprint density at radius 3 is 2.57 bits per heavy atom. The first-order valence-electron chi connectivity index (χ1n) is 11.0. The van der Waals surface area contributed by atoms with Gasteiger partial charge in [-0.25, -0.2) is 13.8 Å². The normalized spacial score (nSPS) is 12.1. The molecular weight excluding hydrogens is 452 g/mol. The molecule has 1 atom stereocenters. The van der Waals surface area contributed by atoms with E-state index in [1.165, 1.54) is 18.2 Å². The summed E-state index contributed by atoms with van der Waals surface area (Å²) in [4.78, 5) is 31.9. The molecule has 0 aliphatic rings. The van der Waals surface area contributed by atoms with Crippen LogP contribution in [0.3, 0.4) is 0 Å². The summed E-state index contributed by atoms with van der Waals surface area (Å²) >= 11 is 0. The molecule has 0 bridgehead atoms. The van der Waals surface area contributed by atoms with E-state index in [-0.39, 0.29) is 24.4 Å². The van der Waals surface area contributed by atoms with Gasteiger partial charge in [0.15, 0.2) is 0 Å². The van der Waals surface area contributed by atoms with Crippen LogP contribution >= 0.6 is 0 Å². The van der Waals surface area contributed by atoms with Gasteiger partial charge in [-0.15, -0.1) is 0 Å². The molecule has 0 saturated carbocycles. The molecule has 0 saturated heterocycles. The summed E-state index contributed by atoms with van der Waals surface area (Å²) < 4.78 is 27.8. The second-order valence-corrected chi connectivity index (χ2v) is 8.24. The summed E-state index contributed by atoms with van der Waals surface area (Å²) in [6, 6.07) is 15.1. The number of aromatic amines is 1. The van der Waals surface area contributed by atoms with E-state index in [0.29, 0.717) is 16.8 Å². The highest BCUT2D eigenvalue weighted by molar-refractivity contribution is 5.85. The lowest BCUT2D eigenvalue weighted by atomic mass is 9.95. The molecule has 1 amide bonds. The Balaban J connectivity index is 1.76. The number of benzene rings is 2. The Labute approximate surface area is 200 Å². The molecule has 2 heterocycles. The number of hydrazine groups is 1. The largest absolute Gasteiger partial charge is 0.346 e. The number of pyridine rings is 2. The third-order valence-corrected chi connectivity index (χ3v) is 5.66. The Morgan fingerprint density at radius 2 is 1.83 bits per heavy atom. The lowest BCUT2D eigenvalue weighted by Gasteiger charge is -2.23. The molecule has 0 radical (unpaired) electrons. The summed E-state index contributed by atoms with van der Waals surface area (Å²) in [5.41, 5.74) is 5.73. The van der Waals surface area contributed by atoms with E-state index >= 15 is 0 Å². The number of hydrogen-bond donors (Lipinski definition) is 3. The third-order valence-electron chi connectivity index (χ3n) is 5.66. The molecular formula is C26H25F2N5O2. The maximum atomic E-state index is 13.9. The van der Waals surface area contributed by atoms with Crippen molar-refractivity contribution in [1.29, 1.82) is 0 Å². The molecule has 7 nitrogen and oxygen atoms in total. The van der Waals surface area contributed by atoms with Gasteiger partial charge < -0.3 is 10.3 Å². The smallest absolute Gasteiger partial charge is 0.248 e. The standard InChI is InChI=1S/C26H25F2N5O2/c1-29-33(2)15-25(35)32-23(12-16-10-19(27)14-20(28)11-16)26-21(4-3-9-30-26)18-6-5-17-7-8-24(34)31-22(17)13-18/h3-11,13-14,23,29H,12,15H2,1-2H3,(H,31,34)(H,32,35)/t23-/m0/s1. The molecule has 0 fully saturated rings. The van der Waals surface area contributed by atoms with Crippen molar-refractivity contribution in [2.24, 2.45) is 0 Å². The van der Waals surface area contributed by atoms with Crippen LogP contribution in [0.5, 0.6) is 0 Å². The molecule has 35 heavy (non-hydrogen) atoms. The number of halogens is 2. The van der Waals surface area contributed by atoms with Crippen molar-refractivity contribution in [3.05, 3.63) is 100 Å². The van der Waals surface area contributed by atoms with Crippen LogP contribution in [0.15, 0.2) is 71.7 Å². The van der Waals surface area contributed by atoms with E-state index in [1.54, 1.807) is 37.4 Å². The first kappa shape index (κ1) is 24.2. The van der Waals surface area contributed by atoms with Gasteiger partial charge in [-0.2, -0.15) is 0 Å². The molecule has 4 rings (SSSR count). The maximum Gasteiger partial charge on any atom is 0.248 e. The van der Waals surface area contributed by atoms with Crippen LogP contribution in [0, 0.1) is 11.6 Å². The van der Waals surface area contributed by atoms with Crippen LogP contribution in [0.4, 0.5) is 8.78 Å². The lowest BCUT2D eigenvalue weighted by molar-refractivity contribution is -0.123. The fourth-order valence-corrected chi connectivity index (χ4v) is 3.97. The van der Waals surface area contributed by atoms with Crippen molar-refractivity contribution < 1.29 is 13.6 Å². The number of rotatable bonds is 8. The van der Waals surface area contributed by atoms with Crippen molar-refractivity contribution in [2.75, 3.05) is 20.6 Å². The third kappa shape index (κ3) is 5.95. The summed E-state index contributed by atoms with van der Waals surface area (Å²) in [6.45, 7) is 0.0594. The number of hydrogen-bond acceptors (Lipinski definition) is 5. The Morgan fingerprint density at radius 1 is 1.09 bits per heavy atom. The first-order valence-corrected chi connectivity index (χ1v) is 11.0. The highest BCUT2D eigenvalue weighted by Crippen LogP contribution is 2.30. The van der Waals surface area contributed by atoms with Gasteiger partial charge in [-0.05, 0) is 60.3 Å². The summed E-state index contributed by atoms with van der Waals surface area (Å²) in [5, 5.41) is 5.43. The quantitative estimate of drug-likeness (QED) is 0.339. The summed E-state index contributed by atoms with van der Waals surface area (Å²) in [7, 11) is 3.42. The minimum Gasteiger partial charge on any atom is -0.346 e. The minimum absolute atomic E-state index is 0.0594. The second-order valence-electron chi connectivity index (χ2n) is 8.24. The molecule has 9 heteroatoms. The number of nitrogens with zero attached hydrogens (tertiary/aromatic N) is 2. The van der Waals surface area contributed by atoms with Crippen molar-refractivity contribution in [2.45, 2.75) is 12.5 Å². The Hall–Kier alpha value is -3.95. The zero-order valence-electron chi connectivity index (χ0n) is 19.3. The highest BCUT2D eigenvalue weighted by Gasteiger charge is 2.22. The van der Waals surface area contributed by atoms with E-state index in [1.807, 2.05) is 24.3 Å². The molecule has 0 aliphatic heterocycles. The molecule has 3 N–H and O–H groups in total. The average molecular weight is 478 g/mol. The predicted octanol–water partition coefficient (Wildman–Crippen LogP) is 3.33. The molecule has 180 valence electrons. The van der Waals surface area contributed by atoms with Crippen molar-refractivity contribution >= 4 is 16.8 Å². The van der Waals surface area contributed by atoms with Crippen molar-refractivity contribution in [3.8, 4) is 11.1 Å². The van der Waals surface area contributed by atoms with E-state index in [2.05, 4.69) is 20.7 Å². The SMILES string of the molecule is CNN(C)CC(=O)N[C@@H](Cc1cc(F)cc(F)c1)c1ncccc1-c1ccc2ccc(=O)[nH]c2c1. The van der Waals surface area contributed by atoms with Gasteiger partial charge in [0.05, 0.1) is 18.3 Å². The van der Waals surface area contributed by atoms with Crippen molar-refractivity contribution in [1.82, 2.24) is 25.7 Å². The highest BCUT2D eigenvalue weighted by atomic mass is 19.1. The van der Waals surface area contributed by atoms with Crippen LogP contribution < -0.4 is 16.3 Å². The van der Waals surface area contributed by atoms with E-state index in [4.69, 9.17) is 0 Å². The monoisotopic (exact) mass is 477 g/mol. The molecule has 0 unspecified atom stereocenters. The Kier molecular flexibility index (Phi) is 7.28. The summed E-state index contributed by atoms with van der Waals surface area (Å²) in [5.74, 6) is -1.68. The van der Waals surface area contributed by atoms with Crippen LogP contribution in [0.1, 0.15) is 17.3 Å². The average Bonchev–Trinajstić information content (AvgIpc) is 2.82. The van der Waals surface area contributed by atoms with Gasteiger partial charge in [0.2, 0.25) is 11.5 Å². The predicted molar refractivity (Wildman–Crippen MR) is 130 cm³/mol. The molecule has 2 aromatic carbocycles. The van der Waals surface area contributed by atoms with Crippen LogP contribution in [-0.2, 0) is 11.2 Å². The van der Waals surface area contributed by atoms with E-state index in [0.717, 1.165) is 22.6 Å². The van der Waals surface area contributed by atoms with Crippen LogP contribution in [-0.4, -0.2) is 41.5 Å². The number of nitrogens with one attached hydrogen (secondary N) is 3. The van der Waals surface area contributed by atoms with Gasteiger partial charge in [0.25, 0.3) is 0 Å². The number of likely N-dealkylation sites (N-methyl/N-ethyl adjacent to an activating group) is 1. The second kappa shape index (κ2) is 10.5. The van der Waals surface area contributed by atoms with E-state index in [9.17, 15) is 18.4 Å². The van der Waals surface area contributed by atoms with Gasteiger partial charge in [0, 0.05) is 36.5 Å². The summed E-state index contributed by atoms with van der Waals surface area (Å²) in [6.07, 6.45) is 1.73. The number of amides is 1. The Bertz CT molecular complexity index is 1400. The van der Waals surface area contributed by atoms with Gasteiger partial charge in [0.1, 0.15) is 11.6 Å². The number of carbonyl (C=O) groups is 1. The topological polar surface area (TPSA) is 90.1 Å². The van der Waals surface area contributed by atoms with Gasteiger partial charge in [-0.1, -0.05) is 18.2 Å². The number of carbonyl (C=O) groups excluding carboxylic acids is 1. The molecule has 0 spiro atoms. The fraction of sp³-hybridized carbons (Fsp3) is 0.192. The van der Waals surface area contributed by atoms with Gasteiger partial charge in [-0.3, -0.25) is 20.0 Å². The number of fused-ring (bicyclic) bond motifs is 1. The number of aromatic nitrogens is 2. The van der Waals surface area contributed by atoms with Crippen LogP contribution in [0.25, 0.3) is 22.0 Å². The number of H-pyrrole nitrogens is 1. The maximum absolute atomic E-state index is 13.9. The fourth-order valence-electron chi connectivity index (χ4n) is 3.97. The van der Waals surface area contributed by atoms with E-state index < -0.39 is 17.7 Å². The van der Waals surface area contributed by atoms with Gasteiger partial charge >= 0.3 is 0 Å². The molecule has 2 aromatic heterocycles.